The Balaban J connectivity index is 1.73. The van der Waals surface area contributed by atoms with Crippen molar-refractivity contribution in [3.8, 4) is 0 Å². The Hall–Kier alpha value is -2.76. The molecule has 1 aromatic carbocycles. The van der Waals surface area contributed by atoms with E-state index in [1.54, 1.807) is 26.0 Å². The van der Waals surface area contributed by atoms with E-state index in [0.29, 0.717) is 18.8 Å². The van der Waals surface area contributed by atoms with Gasteiger partial charge in [0.15, 0.2) is 5.78 Å². The van der Waals surface area contributed by atoms with Crippen LogP contribution >= 0.6 is 0 Å². The van der Waals surface area contributed by atoms with Gasteiger partial charge in [0.2, 0.25) is 5.91 Å². The molecule has 31 heavy (non-hydrogen) atoms. The van der Waals surface area contributed by atoms with Gasteiger partial charge in [0, 0.05) is 13.0 Å². The summed E-state index contributed by atoms with van der Waals surface area (Å²) in [5.41, 5.74) is 3.51. The van der Waals surface area contributed by atoms with Gasteiger partial charge in [-0.2, -0.15) is 0 Å². The highest BCUT2D eigenvalue weighted by Gasteiger charge is 2.31. The topological polar surface area (TPSA) is 61.4 Å². The summed E-state index contributed by atoms with van der Waals surface area (Å²) in [7, 11) is 5.30. The van der Waals surface area contributed by atoms with Crippen LogP contribution in [-0.4, -0.2) is 56.4 Å². The quantitative estimate of drug-likeness (QED) is 0.612. The van der Waals surface area contributed by atoms with E-state index in [1.807, 2.05) is 30.3 Å². The smallest absolute Gasteiger partial charge is 0.240 e. The number of amides is 1. The Bertz CT molecular complexity index is 898. The first-order valence-corrected chi connectivity index (χ1v) is 10.9. The largest absolute Gasteiger partial charge is 0.334 e. The Morgan fingerprint density at radius 3 is 2.61 bits per heavy atom. The summed E-state index contributed by atoms with van der Waals surface area (Å²) in [6.45, 7) is 0.234. The molecule has 164 valence electrons. The van der Waals surface area contributed by atoms with E-state index < -0.39 is 6.04 Å². The van der Waals surface area contributed by atoms with Gasteiger partial charge in [0.25, 0.3) is 0 Å². The molecule has 0 aliphatic heterocycles. The first-order chi connectivity index (χ1) is 15.0. The van der Waals surface area contributed by atoms with Gasteiger partial charge in [-0.15, -0.1) is 0 Å². The standard InChI is InChI=1S/C26H33N3O2/c1-27-18-25(30)24(17-19-9-5-4-6-10-19)29(3)26(31)23(28-2)16-20-13-14-21-11-7-8-12-22(21)15-20/h4-11,13-15,22-24,27-28H,12,16-18H2,1-3H3/t22?,23-,24-/m1/s1. The van der Waals surface area contributed by atoms with Gasteiger partial charge in [-0.25, -0.2) is 0 Å². The van der Waals surface area contributed by atoms with Crippen LogP contribution in [-0.2, 0) is 16.0 Å². The molecular weight excluding hydrogens is 386 g/mol. The molecule has 0 fully saturated rings. The number of allylic oxidation sites excluding steroid dienone is 7. The summed E-state index contributed by atoms with van der Waals surface area (Å²) in [6.07, 6.45) is 15.0. The lowest BCUT2D eigenvalue weighted by Crippen LogP contribution is -2.52. The highest BCUT2D eigenvalue weighted by atomic mass is 16.2. The predicted molar refractivity (Wildman–Crippen MR) is 126 cm³/mol. The lowest BCUT2D eigenvalue weighted by molar-refractivity contribution is -0.139. The van der Waals surface area contributed by atoms with E-state index in [9.17, 15) is 9.59 Å². The summed E-state index contributed by atoms with van der Waals surface area (Å²) in [6, 6.07) is 8.96. The Labute approximate surface area is 185 Å². The van der Waals surface area contributed by atoms with E-state index in [1.165, 1.54) is 5.57 Å². The number of Topliss-reactive ketones (excluding diaryl/α,β-unsaturated/α-hetero) is 1. The SMILES string of the molecule is CNCC(=O)[C@@H](Cc1ccccc1)N(C)C(=O)[C@@H](CC1=CC2CC=CC=C2C=C1)NC. The number of ketones is 1. The van der Waals surface area contributed by atoms with Gasteiger partial charge in [-0.3, -0.25) is 9.59 Å². The van der Waals surface area contributed by atoms with E-state index in [-0.39, 0.29) is 24.3 Å². The van der Waals surface area contributed by atoms with E-state index >= 15 is 0 Å². The molecular formula is C26H33N3O2. The third-order valence-corrected chi connectivity index (χ3v) is 6.04. The molecule has 0 heterocycles. The molecule has 0 radical (unpaired) electrons. The van der Waals surface area contributed by atoms with Crippen LogP contribution in [0, 0.1) is 5.92 Å². The highest BCUT2D eigenvalue weighted by Crippen LogP contribution is 2.30. The van der Waals surface area contributed by atoms with Crippen LogP contribution in [0.4, 0.5) is 0 Å². The summed E-state index contributed by atoms with van der Waals surface area (Å²) < 4.78 is 0. The molecule has 2 N–H and O–H groups in total. The number of carbonyl (C=O) groups is 2. The number of hydrogen-bond donors (Lipinski definition) is 2. The number of nitrogens with one attached hydrogen (secondary N) is 2. The predicted octanol–water partition coefficient (Wildman–Crippen LogP) is 2.82. The summed E-state index contributed by atoms with van der Waals surface area (Å²) in [4.78, 5) is 27.8. The van der Waals surface area contributed by atoms with Gasteiger partial charge in [-0.05, 0) is 50.1 Å². The Morgan fingerprint density at radius 2 is 1.90 bits per heavy atom. The molecule has 0 saturated heterocycles. The molecule has 2 aliphatic carbocycles. The average Bonchev–Trinajstić information content (AvgIpc) is 2.80. The van der Waals surface area contributed by atoms with Gasteiger partial charge < -0.3 is 15.5 Å². The van der Waals surface area contributed by atoms with Crippen LogP contribution in [0.3, 0.4) is 0 Å². The van der Waals surface area contributed by atoms with Crippen molar-refractivity contribution in [2.45, 2.75) is 31.3 Å². The maximum Gasteiger partial charge on any atom is 0.240 e. The van der Waals surface area contributed by atoms with Crippen molar-refractivity contribution >= 4 is 11.7 Å². The molecule has 1 unspecified atom stereocenters. The number of fused-ring (bicyclic) bond motifs is 1. The van der Waals surface area contributed by atoms with E-state index in [2.05, 4.69) is 47.1 Å². The van der Waals surface area contributed by atoms with Crippen molar-refractivity contribution in [2.75, 3.05) is 27.7 Å². The average molecular weight is 420 g/mol. The number of benzene rings is 1. The molecule has 0 bridgehead atoms. The van der Waals surface area contributed by atoms with Crippen LogP contribution < -0.4 is 10.6 Å². The lowest BCUT2D eigenvalue weighted by atomic mass is 9.84. The van der Waals surface area contributed by atoms with Crippen LogP contribution in [0.25, 0.3) is 0 Å². The number of likely N-dealkylation sites (N-methyl/N-ethyl adjacent to an activating group) is 3. The van der Waals surface area contributed by atoms with Crippen molar-refractivity contribution < 1.29 is 9.59 Å². The fourth-order valence-electron chi connectivity index (χ4n) is 4.20. The molecule has 1 amide bonds. The fourth-order valence-corrected chi connectivity index (χ4v) is 4.20. The van der Waals surface area contributed by atoms with Gasteiger partial charge in [-0.1, -0.05) is 66.8 Å². The minimum absolute atomic E-state index is 0.0117. The van der Waals surface area contributed by atoms with Gasteiger partial charge >= 0.3 is 0 Å². The fraction of sp³-hybridized carbons (Fsp3) is 0.385. The minimum Gasteiger partial charge on any atom is -0.334 e. The van der Waals surface area contributed by atoms with Crippen molar-refractivity contribution in [1.82, 2.24) is 15.5 Å². The molecule has 0 spiro atoms. The van der Waals surface area contributed by atoms with Gasteiger partial charge in [0.05, 0.1) is 18.6 Å². The van der Waals surface area contributed by atoms with Crippen molar-refractivity contribution in [3.63, 3.8) is 0 Å². The third kappa shape index (κ3) is 5.90. The Morgan fingerprint density at radius 1 is 1.13 bits per heavy atom. The van der Waals surface area contributed by atoms with Crippen molar-refractivity contribution in [3.05, 3.63) is 83.5 Å². The Kier molecular flexibility index (Phi) is 8.15. The maximum atomic E-state index is 13.4. The second kappa shape index (κ2) is 11.0. The van der Waals surface area contributed by atoms with E-state index in [0.717, 1.165) is 17.6 Å². The van der Waals surface area contributed by atoms with E-state index in [4.69, 9.17) is 0 Å². The number of hydrogen-bond acceptors (Lipinski definition) is 4. The van der Waals surface area contributed by atoms with Crippen LogP contribution in [0.15, 0.2) is 77.9 Å². The second-order valence-electron chi connectivity index (χ2n) is 8.21. The van der Waals surface area contributed by atoms with Crippen LogP contribution in [0.1, 0.15) is 18.4 Å². The summed E-state index contributed by atoms with van der Waals surface area (Å²) >= 11 is 0. The third-order valence-electron chi connectivity index (χ3n) is 6.04. The van der Waals surface area contributed by atoms with Crippen molar-refractivity contribution in [2.24, 2.45) is 5.92 Å². The molecule has 5 nitrogen and oxygen atoms in total. The monoisotopic (exact) mass is 419 g/mol. The number of carbonyl (C=O) groups excluding carboxylic acids is 2. The molecule has 0 aromatic heterocycles. The molecule has 5 heteroatoms. The molecule has 0 saturated carbocycles. The zero-order valence-corrected chi connectivity index (χ0v) is 18.7. The number of nitrogens with zero attached hydrogens (tertiary/aromatic N) is 1. The molecule has 3 atom stereocenters. The molecule has 3 rings (SSSR count). The molecule has 1 aromatic rings. The van der Waals surface area contributed by atoms with Crippen LogP contribution in [0.2, 0.25) is 0 Å². The first kappa shape index (κ1) is 22.9. The normalized spacial score (nSPS) is 19.1. The maximum absolute atomic E-state index is 13.4. The zero-order chi connectivity index (χ0) is 22.2. The summed E-state index contributed by atoms with van der Waals surface area (Å²) in [5, 5.41) is 6.10. The van der Waals surface area contributed by atoms with Gasteiger partial charge in [0.1, 0.15) is 0 Å². The minimum atomic E-state index is -0.507. The first-order valence-electron chi connectivity index (χ1n) is 10.9. The second-order valence-corrected chi connectivity index (χ2v) is 8.21. The van der Waals surface area contributed by atoms with Crippen molar-refractivity contribution in [1.29, 1.82) is 0 Å². The summed E-state index contributed by atoms with van der Waals surface area (Å²) in [5.74, 6) is 0.336. The highest BCUT2D eigenvalue weighted by molar-refractivity contribution is 5.92. The molecule has 2 aliphatic rings. The zero-order valence-electron chi connectivity index (χ0n) is 18.7. The number of rotatable bonds is 10. The lowest BCUT2D eigenvalue weighted by Gasteiger charge is -2.31. The van der Waals surface area contributed by atoms with Crippen LogP contribution in [0.5, 0.6) is 0 Å².